The zero-order valence-electron chi connectivity index (χ0n) is 11.0. The molecule has 3 N–H and O–H groups in total. The van der Waals surface area contributed by atoms with Gasteiger partial charge in [0.25, 0.3) is 0 Å². The number of nitrogens with one attached hydrogen (secondary N) is 2. The normalized spacial score (nSPS) is 13.7. The van der Waals surface area contributed by atoms with Crippen LogP contribution in [-0.4, -0.2) is 37.4 Å². The highest BCUT2D eigenvalue weighted by molar-refractivity contribution is 5.74. The largest absolute Gasteiger partial charge is 0.394 e. The molecule has 1 rings (SSSR count). The third-order valence-corrected chi connectivity index (χ3v) is 2.63. The van der Waals surface area contributed by atoms with Gasteiger partial charge in [-0.2, -0.15) is 0 Å². The van der Waals surface area contributed by atoms with Crippen LogP contribution in [0.4, 0.5) is 9.18 Å². The monoisotopic (exact) mass is 270 g/mol. The lowest BCUT2D eigenvalue weighted by atomic mass is 10.1. The maximum atomic E-state index is 12.8. The maximum Gasteiger partial charge on any atom is 0.315 e. The number of hydrogen-bond acceptors (Lipinski definition) is 3. The van der Waals surface area contributed by atoms with Crippen molar-refractivity contribution >= 4 is 6.03 Å². The van der Waals surface area contributed by atoms with Gasteiger partial charge >= 0.3 is 6.03 Å². The summed E-state index contributed by atoms with van der Waals surface area (Å²) in [4.78, 5) is 11.5. The number of ether oxygens (including phenoxy) is 1. The molecule has 0 saturated carbocycles. The van der Waals surface area contributed by atoms with Crippen LogP contribution in [0.15, 0.2) is 24.3 Å². The molecule has 0 spiro atoms. The smallest absolute Gasteiger partial charge is 0.315 e. The van der Waals surface area contributed by atoms with Crippen LogP contribution in [0, 0.1) is 5.82 Å². The summed E-state index contributed by atoms with van der Waals surface area (Å²) in [5.41, 5.74) is 0.777. The molecule has 0 fully saturated rings. The highest BCUT2D eigenvalue weighted by atomic mass is 19.1. The van der Waals surface area contributed by atoms with Crippen molar-refractivity contribution in [2.75, 3.05) is 20.3 Å². The first-order chi connectivity index (χ1) is 9.06. The van der Waals surface area contributed by atoms with Gasteiger partial charge in [-0.15, -0.1) is 0 Å². The van der Waals surface area contributed by atoms with E-state index in [0.717, 1.165) is 5.56 Å². The molecule has 106 valence electrons. The SMILES string of the molecule is CO[C@@H](CNC(=O)N[C@H](C)CO)c1ccc(F)cc1. The number of aliphatic hydroxyl groups is 1. The summed E-state index contributed by atoms with van der Waals surface area (Å²) in [5.74, 6) is -0.318. The van der Waals surface area contributed by atoms with Gasteiger partial charge < -0.3 is 20.5 Å². The second kappa shape index (κ2) is 7.70. The van der Waals surface area contributed by atoms with Crippen molar-refractivity contribution in [1.82, 2.24) is 10.6 Å². The number of halogens is 1. The highest BCUT2D eigenvalue weighted by Gasteiger charge is 2.13. The Morgan fingerprint density at radius 2 is 2.05 bits per heavy atom. The quantitative estimate of drug-likeness (QED) is 0.727. The van der Waals surface area contributed by atoms with Crippen LogP contribution in [0.5, 0.6) is 0 Å². The maximum absolute atomic E-state index is 12.8. The van der Waals surface area contributed by atoms with Gasteiger partial charge in [-0.3, -0.25) is 0 Å². The summed E-state index contributed by atoms with van der Waals surface area (Å²) >= 11 is 0. The summed E-state index contributed by atoms with van der Waals surface area (Å²) < 4.78 is 18.0. The Labute approximate surface area is 111 Å². The molecule has 0 saturated heterocycles. The minimum Gasteiger partial charge on any atom is -0.394 e. The number of urea groups is 1. The van der Waals surface area contributed by atoms with Crippen LogP contribution in [-0.2, 0) is 4.74 Å². The van der Waals surface area contributed by atoms with Crippen LogP contribution < -0.4 is 10.6 Å². The predicted octanol–water partition coefficient (Wildman–Crippen LogP) is 1.19. The van der Waals surface area contributed by atoms with Crippen molar-refractivity contribution in [2.24, 2.45) is 0 Å². The lowest BCUT2D eigenvalue weighted by Crippen LogP contribution is -2.43. The van der Waals surface area contributed by atoms with E-state index in [-0.39, 0.29) is 37.1 Å². The number of aliphatic hydroxyl groups excluding tert-OH is 1. The molecule has 0 aliphatic heterocycles. The lowest BCUT2D eigenvalue weighted by molar-refractivity contribution is 0.103. The Bertz CT molecular complexity index is 397. The van der Waals surface area contributed by atoms with E-state index in [1.807, 2.05) is 0 Å². The third kappa shape index (κ3) is 5.23. The van der Waals surface area contributed by atoms with Gasteiger partial charge in [-0.25, -0.2) is 9.18 Å². The second-order valence-corrected chi connectivity index (χ2v) is 4.21. The Morgan fingerprint density at radius 3 is 2.58 bits per heavy atom. The van der Waals surface area contributed by atoms with Gasteiger partial charge in [0.1, 0.15) is 5.82 Å². The third-order valence-electron chi connectivity index (χ3n) is 2.63. The standard InChI is InChI=1S/C13H19FN2O3/c1-9(8-17)16-13(18)15-7-12(19-2)10-3-5-11(14)6-4-10/h3-6,9,12,17H,7-8H2,1-2H3,(H2,15,16,18)/t9-,12+/m1/s1. The Hall–Kier alpha value is -1.66. The minimum absolute atomic E-state index is 0.126. The van der Waals surface area contributed by atoms with Crippen LogP contribution in [0.1, 0.15) is 18.6 Å². The van der Waals surface area contributed by atoms with E-state index >= 15 is 0 Å². The zero-order chi connectivity index (χ0) is 14.3. The summed E-state index contributed by atoms with van der Waals surface area (Å²) in [6, 6.07) is 5.21. The summed E-state index contributed by atoms with van der Waals surface area (Å²) in [6.07, 6.45) is -0.351. The summed E-state index contributed by atoms with van der Waals surface area (Å²) in [5, 5.41) is 14.0. The molecule has 0 aliphatic carbocycles. The van der Waals surface area contributed by atoms with Crippen molar-refractivity contribution in [3.05, 3.63) is 35.6 Å². The fourth-order valence-corrected chi connectivity index (χ4v) is 1.52. The zero-order valence-corrected chi connectivity index (χ0v) is 11.0. The predicted molar refractivity (Wildman–Crippen MR) is 69.2 cm³/mol. The molecule has 2 amide bonds. The molecular formula is C13H19FN2O3. The molecule has 2 atom stereocenters. The van der Waals surface area contributed by atoms with Gasteiger partial charge in [-0.05, 0) is 24.6 Å². The molecule has 5 nitrogen and oxygen atoms in total. The van der Waals surface area contributed by atoms with E-state index in [1.165, 1.54) is 19.2 Å². The Kier molecular flexibility index (Phi) is 6.24. The molecule has 0 radical (unpaired) electrons. The first-order valence-corrected chi connectivity index (χ1v) is 6.00. The molecule has 0 aromatic heterocycles. The fourth-order valence-electron chi connectivity index (χ4n) is 1.52. The molecule has 0 unspecified atom stereocenters. The highest BCUT2D eigenvalue weighted by Crippen LogP contribution is 2.15. The van der Waals surface area contributed by atoms with Gasteiger partial charge in [0.05, 0.1) is 18.8 Å². The van der Waals surface area contributed by atoms with E-state index in [2.05, 4.69) is 10.6 Å². The molecule has 19 heavy (non-hydrogen) atoms. The topological polar surface area (TPSA) is 70.6 Å². The molecule has 1 aromatic rings. The molecular weight excluding hydrogens is 251 g/mol. The average molecular weight is 270 g/mol. The first kappa shape index (κ1) is 15.4. The van der Waals surface area contributed by atoms with E-state index in [0.29, 0.717) is 0 Å². The first-order valence-electron chi connectivity index (χ1n) is 6.00. The summed E-state index contributed by atoms with van der Waals surface area (Å²) in [6.45, 7) is 1.82. The number of carbonyl (C=O) groups is 1. The number of benzene rings is 1. The van der Waals surface area contributed by atoms with E-state index in [4.69, 9.17) is 9.84 Å². The Balaban J connectivity index is 2.49. The molecule has 0 heterocycles. The van der Waals surface area contributed by atoms with E-state index < -0.39 is 0 Å². The van der Waals surface area contributed by atoms with Crippen LogP contribution >= 0.6 is 0 Å². The number of rotatable bonds is 6. The van der Waals surface area contributed by atoms with Crippen molar-refractivity contribution in [1.29, 1.82) is 0 Å². The van der Waals surface area contributed by atoms with Gasteiger partial charge in [0.15, 0.2) is 0 Å². The lowest BCUT2D eigenvalue weighted by Gasteiger charge is -2.18. The van der Waals surface area contributed by atoms with Crippen molar-refractivity contribution in [3.8, 4) is 0 Å². The van der Waals surface area contributed by atoms with Gasteiger partial charge in [0, 0.05) is 13.7 Å². The molecule has 0 bridgehead atoms. The van der Waals surface area contributed by atoms with E-state index in [9.17, 15) is 9.18 Å². The average Bonchev–Trinajstić information content (AvgIpc) is 2.41. The van der Waals surface area contributed by atoms with Crippen LogP contribution in [0.3, 0.4) is 0 Å². The minimum atomic E-state index is -0.384. The number of hydrogen-bond donors (Lipinski definition) is 3. The van der Waals surface area contributed by atoms with E-state index in [1.54, 1.807) is 19.1 Å². The molecule has 6 heteroatoms. The second-order valence-electron chi connectivity index (χ2n) is 4.21. The Morgan fingerprint density at radius 1 is 1.42 bits per heavy atom. The summed E-state index contributed by atoms with van der Waals surface area (Å²) in [7, 11) is 1.52. The van der Waals surface area contributed by atoms with Gasteiger partial charge in [-0.1, -0.05) is 12.1 Å². The number of carbonyl (C=O) groups excluding carboxylic acids is 1. The fraction of sp³-hybridized carbons (Fsp3) is 0.462. The van der Waals surface area contributed by atoms with Gasteiger partial charge in [0.2, 0.25) is 0 Å². The molecule has 0 aliphatic rings. The van der Waals surface area contributed by atoms with Crippen LogP contribution in [0.25, 0.3) is 0 Å². The number of amides is 2. The van der Waals surface area contributed by atoms with Crippen molar-refractivity contribution < 1.29 is 19.0 Å². The number of methoxy groups -OCH3 is 1. The van der Waals surface area contributed by atoms with Crippen molar-refractivity contribution in [3.63, 3.8) is 0 Å². The van der Waals surface area contributed by atoms with Crippen molar-refractivity contribution in [2.45, 2.75) is 19.1 Å². The van der Waals surface area contributed by atoms with Crippen LogP contribution in [0.2, 0.25) is 0 Å². The molecule has 1 aromatic carbocycles.